The van der Waals surface area contributed by atoms with Crippen molar-refractivity contribution in [2.24, 2.45) is 0 Å². The average molecular weight is 351 g/mol. The van der Waals surface area contributed by atoms with E-state index in [0.717, 1.165) is 5.56 Å². The molecular formula is C18H17N5O3. The molecule has 0 atom stereocenters. The van der Waals surface area contributed by atoms with E-state index in [1.165, 1.54) is 6.07 Å². The first kappa shape index (κ1) is 17.3. The van der Waals surface area contributed by atoms with Gasteiger partial charge in [0.1, 0.15) is 11.3 Å². The van der Waals surface area contributed by atoms with Crippen molar-refractivity contribution >= 4 is 34.0 Å². The van der Waals surface area contributed by atoms with Crippen LogP contribution < -0.4 is 10.6 Å². The fraction of sp³-hybridized carbons (Fsp3) is 0.167. The van der Waals surface area contributed by atoms with E-state index in [1.807, 2.05) is 13.0 Å². The summed E-state index contributed by atoms with van der Waals surface area (Å²) in [5, 5.41) is 17.4. The van der Waals surface area contributed by atoms with E-state index in [9.17, 15) is 14.9 Å². The standard InChI is InChI=1S/C18H17N5O3/c1-12-4-7-16(21-11-12)22-17(24)8-10-19-14-5-6-15(23(25)26)13-3-2-9-20-18(13)14/h2-7,9,11,19H,8,10H2,1H3,(H,21,22,24). The van der Waals surface area contributed by atoms with Crippen molar-refractivity contribution in [1.29, 1.82) is 0 Å². The number of nitrogens with zero attached hydrogens (tertiary/aromatic N) is 3. The van der Waals surface area contributed by atoms with Crippen LogP contribution in [0.1, 0.15) is 12.0 Å². The molecule has 2 N–H and O–H groups in total. The second-order valence-corrected chi connectivity index (χ2v) is 5.73. The lowest BCUT2D eigenvalue weighted by molar-refractivity contribution is -0.383. The summed E-state index contributed by atoms with van der Waals surface area (Å²) in [4.78, 5) is 31.0. The zero-order chi connectivity index (χ0) is 18.5. The molecule has 8 nitrogen and oxygen atoms in total. The average Bonchev–Trinajstić information content (AvgIpc) is 2.63. The minimum absolute atomic E-state index is 0.00170. The van der Waals surface area contributed by atoms with Crippen molar-refractivity contribution < 1.29 is 9.72 Å². The van der Waals surface area contributed by atoms with E-state index in [-0.39, 0.29) is 18.0 Å². The van der Waals surface area contributed by atoms with Gasteiger partial charge in [-0.3, -0.25) is 19.9 Å². The van der Waals surface area contributed by atoms with E-state index in [1.54, 1.807) is 36.7 Å². The van der Waals surface area contributed by atoms with Gasteiger partial charge >= 0.3 is 0 Å². The minimum atomic E-state index is -0.435. The highest BCUT2D eigenvalue weighted by Crippen LogP contribution is 2.29. The number of aromatic nitrogens is 2. The van der Waals surface area contributed by atoms with E-state index in [0.29, 0.717) is 29.0 Å². The third kappa shape index (κ3) is 3.92. The molecule has 0 saturated carbocycles. The first-order valence-electron chi connectivity index (χ1n) is 8.03. The van der Waals surface area contributed by atoms with Crippen LogP contribution >= 0.6 is 0 Å². The molecule has 2 aromatic heterocycles. The molecule has 132 valence electrons. The summed E-state index contributed by atoms with van der Waals surface area (Å²) in [5.41, 5.74) is 2.17. The molecule has 0 radical (unpaired) electrons. The van der Waals surface area contributed by atoms with E-state index in [2.05, 4.69) is 20.6 Å². The zero-order valence-corrected chi connectivity index (χ0v) is 14.1. The molecule has 0 aliphatic carbocycles. The molecule has 3 aromatic rings. The Morgan fingerprint density at radius 3 is 2.77 bits per heavy atom. The van der Waals surface area contributed by atoms with Gasteiger partial charge in [-0.2, -0.15) is 0 Å². The second-order valence-electron chi connectivity index (χ2n) is 5.73. The first-order valence-corrected chi connectivity index (χ1v) is 8.03. The van der Waals surface area contributed by atoms with Gasteiger partial charge in [0, 0.05) is 31.4 Å². The van der Waals surface area contributed by atoms with Gasteiger partial charge in [0.05, 0.1) is 16.0 Å². The Morgan fingerprint density at radius 2 is 2.04 bits per heavy atom. The number of aryl methyl sites for hydroxylation is 1. The maximum Gasteiger partial charge on any atom is 0.278 e. The van der Waals surface area contributed by atoms with Crippen LogP contribution in [-0.2, 0) is 4.79 Å². The molecule has 0 saturated heterocycles. The molecule has 26 heavy (non-hydrogen) atoms. The number of hydrogen-bond acceptors (Lipinski definition) is 6. The van der Waals surface area contributed by atoms with Crippen molar-refractivity contribution in [3.8, 4) is 0 Å². The molecule has 0 spiro atoms. The second kappa shape index (κ2) is 7.56. The van der Waals surface area contributed by atoms with Gasteiger partial charge in [-0.15, -0.1) is 0 Å². The lowest BCUT2D eigenvalue weighted by Crippen LogP contribution is -2.17. The molecule has 1 aromatic carbocycles. The summed E-state index contributed by atoms with van der Waals surface area (Å²) >= 11 is 0. The number of rotatable bonds is 6. The molecule has 0 aliphatic rings. The largest absolute Gasteiger partial charge is 0.383 e. The van der Waals surface area contributed by atoms with Gasteiger partial charge in [-0.05, 0) is 36.8 Å². The van der Waals surface area contributed by atoms with Crippen molar-refractivity contribution in [2.75, 3.05) is 17.2 Å². The summed E-state index contributed by atoms with van der Waals surface area (Å²) in [7, 11) is 0. The highest BCUT2D eigenvalue weighted by Gasteiger charge is 2.14. The van der Waals surface area contributed by atoms with Crippen LogP contribution in [0.4, 0.5) is 17.2 Å². The Labute approximate surface area is 149 Å². The van der Waals surface area contributed by atoms with Crippen LogP contribution in [0.2, 0.25) is 0 Å². The predicted molar refractivity (Wildman–Crippen MR) is 99.1 cm³/mol. The Morgan fingerprint density at radius 1 is 1.19 bits per heavy atom. The van der Waals surface area contributed by atoms with E-state index >= 15 is 0 Å². The number of anilines is 2. The number of non-ortho nitro benzene ring substituents is 1. The quantitative estimate of drug-likeness (QED) is 0.521. The van der Waals surface area contributed by atoms with Crippen molar-refractivity contribution in [1.82, 2.24) is 9.97 Å². The summed E-state index contributed by atoms with van der Waals surface area (Å²) in [6, 6.07) is 9.96. The number of carbonyl (C=O) groups is 1. The summed E-state index contributed by atoms with van der Waals surface area (Å²) in [5.74, 6) is 0.330. The maximum absolute atomic E-state index is 12.0. The van der Waals surface area contributed by atoms with Gasteiger partial charge in [0.2, 0.25) is 5.91 Å². The molecule has 0 fully saturated rings. The number of carbonyl (C=O) groups excluding carboxylic acids is 1. The molecule has 0 bridgehead atoms. The van der Waals surface area contributed by atoms with Crippen LogP contribution in [-0.4, -0.2) is 27.3 Å². The number of fused-ring (bicyclic) bond motifs is 1. The van der Waals surface area contributed by atoms with Crippen molar-refractivity contribution in [3.05, 3.63) is 64.5 Å². The topological polar surface area (TPSA) is 110 Å². The Kier molecular flexibility index (Phi) is 5.02. The summed E-state index contributed by atoms with van der Waals surface area (Å²) in [6.07, 6.45) is 3.48. The molecular weight excluding hydrogens is 334 g/mol. The van der Waals surface area contributed by atoms with Gasteiger partial charge < -0.3 is 10.6 Å². The van der Waals surface area contributed by atoms with E-state index < -0.39 is 4.92 Å². The first-order chi connectivity index (χ1) is 12.5. The summed E-state index contributed by atoms with van der Waals surface area (Å²) < 4.78 is 0. The third-order valence-corrected chi connectivity index (χ3v) is 3.79. The van der Waals surface area contributed by atoms with Crippen LogP contribution in [0.25, 0.3) is 10.9 Å². The molecule has 0 unspecified atom stereocenters. The van der Waals surface area contributed by atoms with Gasteiger partial charge in [0.25, 0.3) is 5.69 Å². The van der Waals surface area contributed by atoms with Gasteiger partial charge in [-0.25, -0.2) is 4.98 Å². The normalized spacial score (nSPS) is 10.5. The maximum atomic E-state index is 12.0. The molecule has 8 heteroatoms. The Bertz CT molecular complexity index is 957. The van der Waals surface area contributed by atoms with Crippen LogP contribution in [0.5, 0.6) is 0 Å². The van der Waals surface area contributed by atoms with Crippen molar-refractivity contribution in [2.45, 2.75) is 13.3 Å². The number of amides is 1. The Balaban J connectivity index is 1.65. The van der Waals surface area contributed by atoms with Gasteiger partial charge in [-0.1, -0.05) is 6.07 Å². The zero-order valence-electron chi connectivity index (χ0n) is 14.1. The lowest BCUT2D eigenvalue weighted by Gasteiger charge is -2.09. The number of pyridine rings is 2. The molecule has 1 amide bonds. The van der Waals surface area contributed by atoms with Crippen molar-refractivity contribution in [3.63, 3.8) is 0 Å². The number of hydrogen-bond donors (Lipinski definition) is 2. The SMILES string of the molecule is Cc1ccc(NC(=O)CCNc2ccc([N+](=O)[O-])c3cccnc23)nc1. The number of benzene rings is 1. The minimum Gasteiger partial charge on any atom is -0.383 e. The van der Waals surface area contributed by atoms with Gasteiger partial charge in [0.15, 0.2) is 0 Å². The number of nitro groups is 1. The third-order valence-electron chi connectivity index (χ3n) is 3.79. The fourth-order valence-corrected chi connectivity index (χ4v) is 2.52. The highest BCUT2D eigenvalue weighted by molar-refractivity contribution is 5.97. The van der Waals surface area contributed by atoms with Crippen LogP contribution in [0.15, 0.2) is 48.8 Å². The Hall–Kier alpha value is -3.55. The molecule has 3 rings (SSSR count). The highest BCUT2D eigenvalue weighted by atomic mass is 16.6. The summed E-state index contributed by atoms with van der Waals surface area (Å²) in [6.45, 7) is 2.28. The van der Waals surface area contributed by atoms with Crippen LogP contribution in [0, 0.1) is 17.0 Å². The number of nitrogens with one attached hydrogen (secondary N) is 2. The fourth-order valence-electron chi connectivity index (χ4n) is 2.52. The molecule has 2 heterocycles. The predicted octanol–water partition coefficient (Wildman–Crippen LogP) is 3.29. The molecule has 0 aliphatic heterocycles. The smallest absolute Gasteiger partial charge is 0.278 e. The monoisotopic (exact) mass is 351 g/mol. The lowest BCUT2D eigenvalue weighted by atomic mass is 10.1. The van der Waals surface area contributed by atoms with Crippen LogP contribution in [0.3, 0.4) is 0 Å². The number of nitro benzene ring substituents is 1. The van der Waals surface area contributed by atoms with E-state index in [4.69, 9.17) is 0 Å².